The van der Waals surface area contributed by atoms with E-state index in [1.807, 2.05) is 12.1 Å². The fraction of sp³-hybridized carbons (Fsp3) is 0.571. The van der Waals surface area contributed by atoms with Gasteiger partial charge in [0, 0.05) is 25.8 Å². The predicted molar refractivity (Wildman–Crippen MR) is 80.0 cm³/mol. The van der Waals surface area contributed by atoms with Crippen LogP contribution in [0.3, 0.4) is 0 Å². The van der Waals surface area contributed by atoms with E-state index in [1.165, 1.54) is 5.56 Å². The number of nitrogens with zero attached hydrogens (tertiary/aromatic N) is 2. The predicted octanol–water partition coefficient (Wildman–Crippen LogP) is 1.72. The van der Waals surface area contributed by atoms with E-state index < -0.39 is 0 Å². The lowest BCUT2D eigenvalue weighted by Crippen LogP contribution is -2.51. The van der Waals surface area contributed by atoms with Gasteiger partial charge in [-0.05, 0) is 38.5 Å². The third-order valence-corrected chi connectivity index (χ3v) is 3.33. The minimum Gasteiger partial charge on any atom is -0.388 e. The number of nitrogens with two attached hydrogens (primary N) is 1. The molecule has 1 aliphatic rings. The van der Waals surface area contributed by atoms with E-state index in [0.29, 0.717) is 10.7 Å². The van der Waals surface area contributed by atoms with Crippen molar-refractivity contribution in [3.63, 3.8) is 0 Å². The van der Waals surface area contributed by atoms with Gasteiger partial charge in [0.15, 0.2) is 0 Å². The third kappa shape index (κ3) is 3.96. The van der Waals surface area contributed by atoms with Crippen LogP contribution in [-0.4, -0.2) is 39.7 Å². The first-order valence-corrected chi connectivity index (χ1v) is 6.91. The molecule has 1 aromatic heterocycles. The van der Waals surface area contributed by atoms with Gasteiger partial charge < -0.3 is 10.5 Å². The fourth-order valence-electron chi connectivity index (χ4n) is 2.67. The van der Waals surface area contributed by atoms with Crippen LogP contribution in [0.15, 0.2) is 18.3 Å². The van der Waals surface area contributed by atoms with E-state index in [1.54, 1.807) is 6.20 Å². The van der Waals surface area contributed by atoms with Gasteiger partial charge in [-0.2, -0.15) is 0 Å². The number of rotatable bonds is 3. The number of pyridine rings is 1. The van der Waals surface area contributed by atoms with Gasteiger partial charge in [0.05, 0.1) is 17.4 Å². The summed E-state index contributed by atoms with van der Waals surface area (Å²) in [5, 5.41) is 0. The molecule has 5 heteroatoms. The number of hydrogen-bond acceptors (Lipinski definition) is 4. The summed E-state index contributed by atoms with van der Waals surface area (Å²) in [6, 6.07) is 3.98. The minimum absolute atomic E-state index is 0.101. The van der Waals surface area contributed by atoms with Crippen molar-refractivity contribution in [3.8, 4) is 0 Å². The summed E-state index contributed by atoms with van der Waals surface area (Å²) in [5.74, 6) is 0. The Kier molecular flexibility index (Phi) is 4.18. The summed E-state index contributed by atoms with van der Waals surface area (Å²) < 4.78 is 5.91. The van der Waals surface area contributed by atoms with E-state index in [-0.39, 0.29) is 11.7 Å². The third-order valence-electron chi connectivity index (χ3n) is 3.12. The second-order valence-corrected chi connectivity index (χ2v) is 6.21. The average Bonchev–Trinajstić information content (AvgIpc) is 2.26. The molecule has 0 bridgehead atoms. The van der Waals surface area contributed by atoms with Crippen molar-refractivity contribution in [2.75, 3.05) is 13.1 Å². The van der Waals surface area contributed by atoms with Gasteiger partial charge in [-0.1, -0.05) is 12.2 Å². The first-order valence-electron chi connectivity index (χ1n) is 6.51. The van der Waals surface area contributed by atoms with Crippen molar-refractivity contribution in [2.45, 2.75) is 39.0 Å². The maximum atomic E-state index is 5.91. The smallest absolute Gasteiger partial charge is 0.122 e. The van der Waals surface area contributed by atoms with Crippen LogP contribution in [0.25, 0.3) is 0 Å². The summed E-state index contributed by atoms with van der Waals surface area (Å²) in [6.45, 7) is 9.09. The molecule has 4 nitrogen and oxygen atoms in total. The molecule has 0 spiro atoms. The second-order valence-electron chi connectivity index (χ2n) is 5.77. The lowest BCUT2D eigenvalue weighted by molar-refractivity contribution is -0.130. The highest BCUT2D eigenvalue weighted by molar-refractivity contribution is 7.80. The Morgan fingerprint density at radius 2 is 2.37 bits per heavy atom. The first kappa shape index (κ1) is 14.4. The second kappa shape index (κ2) is 5.53. The van der Waals surface area contributed by atoms with Crippen LogP contribution < -0.4 is 5.73 Å². The molecule has 2 rings (SSSR count). The van der Waals surface area contributed by atoms with E-state index in [4.69, 9.17) is 22.7 Å². The molecule has 2 heterocycles. The molecule has 104 valence electrons. The molecule has 19 heavy (non-hydrogen) atoms. The normalized spacial score (nSPS) is 23.2. The van der Waals surface area contributed by atoms with E-state index in [9.17, 15) is 0 Å². The monoisotopic (exact) mass is 279 g/mol. The van der Waals surface area contributed by atoms with Gasteiger partial charge in [0.25, 0.3) is 0 Å². The van der Waals surface area contributed by atoms with Gasteiger partial charge in [0.1, 0.15) is 4.99 Å². The molecule has 1 unspecified atom stereocenters. The molecule has 1 fully saturated rings. The average molecular weight is 279 g/mol. The Bertz CT molecular complexity index is 476. The largest absolute Gasteiger partial charge is 0.388 e. The van der Waals surface area contributed by atoms with E-state index >= 15 is 0 Å². The summed E-state index contributed by atoms with van der Waals surface area (Å²) in [5.41, 5.74) is 7.39. The van der Waals surface area contributed by atoms with Crippen LogP contribution in [0, 0.1) is 0 Å². The summed E-state index contributed by atoms with van der Waals surface area (Å²) >= 11 is 4.96. The van der Waals surface area contributed by atoms with Crippen molar-refractivity contribution < 1.29 is 4.74 Å². The van der Waals surface area contributed by atoms with Crippen LogP contribution >= 0.6 is 12.2 Å². The maximum absolute atomic E-state index is 5.91. The van der Waals surface area contributed by atoms with Crippen molar-refractivity contribution in [1.29, 1.82) is 0 Å². The van der Waals surface area contributed by atoms with Crippen molar-refractivity contribution >= 4 is 17.2 Å². The van der Waals surface area contributed by atoms with Crippen molar-refractivity contribution in [1.82, 2.24) is 9.88 Å². The highest BCUT2D eigenvalue weighted by Crippen LogP contribution is 2.22. The topological polar surface area (TPSA) is 51.4 Å². The van der Waals surface area contributed by atoms with Gasteiger partial charge in [-0.15, -0.1) is 0 Å². The molecule has 0 radical (unpaired) electrons. The number of hydrogen-bond donors (Lipinski definition) is 1. The SMILES string of the molecule is CC1CN(Cc2ccnc(C(N)=S)c2)CC(C)(C)O1. The number of morpholine rings is 1. The molecule has 0 saturated carbocycles. The van der Waals surface area contributed by atoms with Gasteiger partial charge >= 0.3 is 0 Å². The molecule has 1 aliphatic heterocycles. The van der Waals surface area contributed by atoms with Crippen LogP contribution in [0.2, 0.25) is 0 Å². The Morgan fingerprint density at radius 1 is 1.63 bits per heavy atom. The Morgan fingerprint density at radius 3 is 3.00 bits per heavy atom. The van der Waals surface area contributed by atoms with Gasteiger partial charge in [0.2, 0.25) is 0 Å². The molecular formula is C14H21N3OS. The lowest BCUT2D eigenvalue weighted by Gasteiger charge is -2.41. The molecule has 2 N–H and O–H groups in total. The molecule has 1 atom stereocenters. The van der Waals surface area contributed by atoms with E-state index in [2.05, 4.69) is 30.7 Å². The van der Waals surface area contributed by atoms with Crippen LogP contribution in [0.5, 0.6) is 0 Å². The Balaban J connectivity index is 2.08. The highest BCUT2D eigenvalue weighted by atomic mass is 32.1. The fourth-order valence-corrected chi connectivity index (χ4v) is 2.78. The summed E-state index contributed by atoms with van der Waals surface area (Å²) in [7, 11) is 0. The highest BCUT2D eigenvalue weighted by Gasteiger charge is 2.31. The van der Waals surface area contributed by atoms with E-state index in [0.717, 1.165) is 19.6 Å². The number of thiocarbonyl (C=S) groups is 1. The van der Waals surface area contributed by atoms with Crippen molar-refractivity contribution in [2.24, 2.45) is 5.73 Å². The van der Waals surface area contributed by atoms with Crippen molar-refractivity contribution in [3.05, 3.63) is 29.6 Å². The molecule has 0 aromatic carbocycles. The zero-order chi connectivity index (χ0) is 14.0. The Hall–Kier alpha value is -1.04. The summed E-state index contributed by atoms with van der Waals surface area (Å²) in [4.78, 5) is 6.91. The molecule has 0 amide bonds. The van der Waals surface area contributed by atoms with Gasteiger partial charge in [-0.25, -0.2) is 0 Å². The van der Waals surface area contributed by atoms with Crippen LogP contribution in [0.4, 0.5) is 0 Å². The minimum atomic E-state index is -0.101. The molecular weight excluding hydrogens is 258 g/mol. The van der Waals surface area contributed by atoms with Crippen LogP contribution in [-0.2, 0) is 11.3 Å². The number of aromatic nitrogens is 1. The zero-order valence-electron chi connectivity index (χ0n) is 11.7. The molecule has 1 aromatic rings. The number of ether oxygens (including phenoxy) is 1. The molecule has 0 aliphatic carbocycles. The molecule has 1 saturated heterocycles. The lowest BCUT2D eigenvalue weighted by atomic mass is 10.0. The van der Waals surface area contributed by atoms with Gasteiger partial charge in [-0.3, -0.25) is 9.88 Å². The standard InChI is InChI=1S/C14H21N3OS/c1-10-7-17(9-14(2,3)18-10)8-11-4-5-16-12(6-11)13(15)19/h4-6,10H,7-9H2,1-3H3,(H2,15,19). The first-order chi connectivity index (χ1) is 8.85. The quantitative estimate of drug-likeness (QED) is 0.854. The maximum Gasteiger partial charge on any atom is 0.122 e. The van der Waals surface area contributed by atoms with Crippen LogP contribution in [0.1, 0.15) is 32.0 Å². The summed E-state index contributed by atoms with van der Waals surface area (Å²) in [6.07, 6.45) is 2.01. The zero-order valence-corrected chi connectivity index (χ0v) is 12.5. The Labute approximate surface area is 120 Å².